The van der Waals surface area contributed by atoms with Gasteiger partial charge in [-0.05, 0) is 47.4 Å². The highest BCUT2D eigenvalue weighted by Gasteiger charge is 2.30. The number of amides is 2. The summed E-state index contributed by atoms with van der Waals surface area (Å²) in [6.45, 7) is 2.86. The molecule has 5 nitrogen and oxygen atoms in total. The molecule has 34 heavy (non-hydrogen) atoms. The maximum absolute atomic E-state index is 13.6. The molecule has 0 bridgehead atoms. The van der Waals surface area contributed by atoms with Crippen molar-refractivity contribution in [2.24, 2.45) is 0 Å². The molecule has 3 aromatic carbocycles. The third-order valence-electron chi connectivity index (χ3n) is 5.58. The molecule has 1 atom stereocenters. The fourth-order valence-electron chi connectivity index (χ4n) is 3.77. The molecule has 0 aliphatic carbocycles. The lowest BCUT2D eigenvalue weighted by Crippen LogP contribution is -2.51. The van der Waals surface area contributed by atoms with E-state index in [2.05, 4.69) is 5.32 Å². The van der Waals surface area contributed by atoms with Crippen molar-refractivity contribution in [2.45, 2.75) is 38.8 Å². The minimum atomic E-state index is -0.653. The van der Waals surface area contributed by atoms with Gasteiger partial charge in [0.2, 0.25) is 11.8 Å². The number of hydrogen-bond acceptors (Lipinski definition) is 3. The predicted molar refractivity (Wildman–Crippen MR) is 136 cm³/mol. The number of benzene rings is 3. The largest absolute Gasteiger partial charge is 0.497 e. The molecule has 1 unspecified atom stereocenters. The zero-order valence-electron chi connectivity index (χ0n) is 19.7. The van der Waals surface area contributed by atoms with Gasteiger partial charge < -0.3 is 15.0 Å². The number of ether oxygens (including phenoxy) is 1. The Morgan fingerprint density at radius 3 is 2.32 bits per heavy atom. The van der Waals surface area contributed by atoms with Gasteiger partial charge in [-0.3, -0.25) is 9.59 Å². The normalized spacial score (nSPS) is 11.5. The Bertz CT molecular complexity index is 1070. The Hall–Kier alpha value is -3.31. The van der Waals surface area contributed by atoms with Gasteiger partial charge in [-0.25, -0.2) is 0 Å². The zero-order valence-corrected chi connectivity index (χ0v) is 20.4. The smallest absolute Gasteiger partial charge is 0.243 e. The molecule has 0 aliphatic rings. The quantitative estimate of drug-likeness (QED) is 0.419. The van der Waals surface area contributed by atoms with E-state index >= 15 is 0 Å². The molecule has 0 aromatic heterocycles. The topological polar surface area (TPSA) is 58.6 Å². The highest BCUT2D eigenvalue weighted by Crippen LogP contribution is 2.20. The van der Waals surface area contributed by atoms with Crippen LogP contribution in [0.5, 0.6) is 5.75 Å². The molecule has 0 aliphatic heterocycles. The summed E-state index contributed by atoms with van der Waals surface area (Å²) in [5, 5.41) is 3.61. The first-order valence-electron chi connectivity index (χ1n) is 11.5. The van der Waals surface area contributed by atoms with E-state index in [1.54, 1.807) is 24.1 Å². The number of halogens is 1. The van der Waals surface area contributed by atoms with Crippen LogP contribution >= 0.6 is 11.6 Å². The lowest BCUT2D eigenvalue weighted by atomic mass is 10.0. The Labute approximate surface area is 206 Å². The molecular weight excluding hydrogens is 448 g/mol. The van der Waals surface area contributed by atoms with E-state index in [4.69, 9.17) is 16.3 Å². The molecule has 0 spiro atoms. The lowest BCUT2D eigenvalue weighted by molar-refractivity contribution is -0.140. The van der Waals surface area contributed by atoms with Gasteiger partial charge in [-0.2, -0.15) is 0 Å². The standard InChI is InChI=1S/C28H31ClN2O3/c1-3-16-30-28(33)26(18-21-8-5-4-6-9-21)31(20-23-10-7-11-25(17-23)34-2)27(32)19-22-12-14-24(29)15-13-22/h4-15,17,26H,3,16,18-20H2,1-2H3,(H,30,33). The molecule has 1 N–H and O–H groups in total. The summed E-state index contributed by atoms with van der Waals surface area (Å²) in [5.74, 6) is 0.424. The summed E-state index contributed by atoms with van der Waals surface area (Å²) in [6, 6.07) is 23.9. The first-order chi connectivity index (χ1) is 16.5. The molecular formula is C28H31ClN2O3. The van der Waals surface area contributed by atoms with Gasteiger partial charge >= 0.3 is 0 Å². The van der Waals surface area contributed by atoms with Crippen molar-refractivity contribution < 1.29 is 14.3 Å². The fourth-order valence-corrected chi connectivity index (χ4v) is 3.89. The highest BCUT2D eigenvalue weighted by molar-refractivity contribution is 6.30. The summed E-state index contributed by atoms with van der Waals surface area (Å²) in [7, 11) is 1.61. The molecule has 178 valence electrons. The van der Waals surface area contributed by atoms with Crippen LogP contribution in [0.4, 0.5) is 0 Å². The van der Waals surface area contributed by atoms with Crippen LogP contribution in [0.1, 0.15) is 30.0 Å². The predicted octanol–water partition coefficient (Wildman–Crippen LogP) is 5.06. The van der Waals surface area contributed by atoms with Gasteiger partial charge in [0.25, 0.3) is 0 Å². The molecule has 0 radical (unpaired) electrons. The lowest BCUT2D eigenvalue weighted by Gasteiger charge is -2.32. The molecule has 0 saturated carbocycles. The number of nitrogens with one attached hydrogen (secondary N) is 1. The molecule has 0 fully saturated rings. The summed E-state index contributed by atoms with van der Waals surface area (Å²) in [6.07, 6.45) is 1.42. The van der Waals surface area contributed by atoms with Crippen LogP contribution in [-0.2, 0) is 29.0 Å². The van der Waals surface area contributed by atoms with Gasteiger partial charge in [0.1, 0.15) is 11.8 Å². The number of hydrogen-bond donors (Lipinski definition) is 1. The van der Waals surface area contributed by atoms with Crippen molar-refractivity contribution in [3.8, 4) is 5.75 Å². The average molecular weight is 479 g/mol. The summed E-state index contributed by atoms with van der Waals surface area (Å²) in [4.78, 5) is 28.6. The second-order valence-electron chi connectivity index (χ2n) is 8.17. The van der Waals surface area contributed by atoms with Crippen molar-refractivity contribution in [2.75, 3.05) is 13.7 Å². The van der Waals surface area contributed by atoms with Gasteiger partial charge in [-0.1, -0.05) is 73.1 Å². The van der Waals surface area contributed by atoms with Gasteiger partial charge in [0.15, 0.2) is 0 Å². The van der Waals surface area contributed by atoms with Crippen LogP contribution in [0.2, 0.25) is 5.02 Å². The molecule has 3 aromatic rings. The van der Waals surface area contributed by atoms with Crippen molar-refractivity contribution in [3.05, 3.63) is 101 Å². The number of rotatable bonds is 11. The van der Waals surface area contributed by atoms with Gasteiger partial charge in [0.05, 0.1) is 13.5 Å². The Kier molecular flexibility index (Phi) is 9.53. The maximum atomic E-state index is 13.6. The first-order valence-corrected chi connectivity index (χ1v) is 11.9. The fraction of sp³-hybridized carbons (Fsp3) is 0.286. The van der Waals surface area contributed by atoms with Crippen LogP contribution in [0.15, 0.2) is 78.9 Å². The second kappa shape index (κ2) is 12.8. The molecule has 3 rings (SSSR count). The van der Waals surface area contributed by atoms with Crippen molar-refractivity contribution in [3.63, 3.8) is 0 Å². The van der Waals surface area contributed by atoms with E-state index in [0.717, 1.165) is 23.1 Å². The molecule has 0 heterocycles. The summed E-state index contributed by atoms with van der Waals surface area (Å²) >= 11 is 6.02. The van der Waals surface area contributed by atoms with E-state index in [0.29, 0.717) is 30.3 Å². The van der Waals surface area contributed by atoms with E-state index in [-0.39, 0.29) is 18.2 Å². The van der Waals surface area contributed by atoms with E-state index in [9.17, 15) is 9.59 Å². The summed E-state index contributed by atoms with van der Waals surface area (Å²) in [5.41, 5.74) is 2.73. The number of methoxy groups -OCH3 is 1. The Balaban J connectivity index is 1.95. The van der Waals surface area contributed by atoms with Gasteiger partial charge in [0, 0.05) is 24.5 Å². The molecule has 0 saturated heterocycles. The van der Waals surface area contributed by atoms with E-state index < -0.39 is 6.04 Å². The number of carbonyl (C=O) groups is 2. The maximum Gasteiger partial charge on any atom is 0.243 e. The van der Waals surface area contributed by atoms with Crippen LogP contribution < -0.4 is 10.1 Å². The monoisotopic (exact) mass is 478 g/mol. The Morgan fingerprint density at radius 1 is 0.941 bits per heavy atom. The first kappa shape index (κ1) is 25.3. The van der Waals surface area contributed by atoms with Crippen LogP contribution in [0, 0.1) is 0 Å². The van der Waals surface area contributed by atoms with Crippen molar-refractivity contribution >= 4 is 23.4 Å². The third-order valence-corrected chi connectivity index (χ3v) is 5.83. The third kappa shape index (κ3) is 7.35. The average Bonchev–Trinajstić information content (AvgIpc) is 2.86. The summed E-state index contributed by atoms with van der Waals surface area (Å²) < 4.78 is 5.37. The highest BCUT2D eigenvalue weighted by atomic mass is 35.5. The second-order valence-corrected chi connectivity index (χ2v) is 8.61. The minimum absolute atomic E-state index is 0.127. The van der Waals surface area contributed by atoms with Crippen LogP contribution in [0.3, 0.4) is 0 Å². The van der Waals surface area contributed by atoms with E-state index in [1.165, 1.54) is 0 Å². The van der Waals surface area contributed by atoms with Crippen LogP contribution in [-0.4, -0.2) is 36.4 Å². The van der Waals surface area contributed by atoms with Crippen molar-refractivity contribution in [1.29, 1.82) is 0 Å². The van der Waals surface area contributed by atoms with Crippen LogP contribution in [0.25, 0.3) is 0 Å². The molecule has 6 heteroatoms. The zero-order chi connectivity index (χ0) is 24.3. The van der Waals surface area contributed by atoms with Gasteiger partial charge in [-0.15, -0.1) is 0 Å². The number of carbonyl (C=O) groups excluding carboxylic acids is 2. The minimum Gasteiger partial charge on any atom is -0.497 e. The Morgan fingerprint density at radius 2 is 1.65 bits per heavy atom. The SMILES string of the molecule is CCCNC(=O)C(Cc1ccccc1)N(Cc1cccc(OC)c1)C(=O)Cc1ccc(Cl)cc1. The van der Waals surface area contributed by atoms with Crippen molar-refractivity contribution in [1.82, 2.24) is 10.2 Å². The van der Waals surface area contributed by atoms with E-state index in [1.807, 2.05) is 73.7 Å². The molecule has 2 amide bonds. The number of nitrogens with zero attached hydrogens (tertiary/aromatic N) is 1.